The minimum atomic E-state index is -0.155. The Morgan fingerprint density at radius 2 is 1.69 bits per heavy atom. The predicted molar refractivity (Wildman–Crippen MR) is 99.2 cm³/mol. The van der Waals surface area contributed by atoms with Gasteiger partial charge in [-0.3, -0.25) is 4.79 Å². The molecule has 6 nitrogen and oxygen atoms in total. The van der Waals surface area contributed by atoms with Crippen LogP contribution in [0.15, 0.2) is 36.4 Å². The number of hydrogen-bond donors (Lipinski definition) is 0. The van der Waals surface area contributed by atoms with E-state index in [-0.39, 0.29) is 12.5 Å². The molecule has 0 spiro atoms. The molecular weight excluding hydrogens is 334 g/mol. The number of methoxy groups -OCH3 is 3. The Morgan fingerprint density at radius 3 is 2.35 bits per heavy atom. The van der Waals surface area contributed by atoms with Crippen LogP contribution in [0.4, 0.5) is 0 Å². The molecule has 0 radical (unpaired) electrons. The van der Waals surface area contributed by atoms with Crippen LogP contribution >= 0.6 is 0 Å². The summed E-state index contributed by atoms with van der Waals surface area (Å²) in [6.45, 7) is 2.27. The van der Waals surface area contributed by atoms with Crippen molar-refractivity contribution in [3.05, 3.63) is 47.5 Å². The Bertz CT molecular complexity index is 760. The van der Waals surface area contributed by atoms with Crippen LogP contribution in [0, 0.1) is 6.92 Å². The lowest BCUT2D eigenvalue weighted by molar-refractivity contribution is -0.132. The van der Waals surface area contributed by atoms with Gasteiger partial charge in [0.1, 0.15) is 0 Å². The number of ether oxygens (including phenoxy) is 4. The van der Waals surface area contributed by atoms with Crippen LogP contribution in [0.2, 0.25) is 0 Å². The quantitative estimate of drug-likeness (QED) is 0.725. The van der Waals surface area contributed by atoms with Crippen LogP contribution in [0.25, 0.3) is 0 Å². The van der Waals surface area contributed by atoms with E-state index in [1.54, 1.807) is 39.3 Å². The van der Waals surface area contributed by atoms with Crippen molar-refractivity contribution in [2.75, 3.05) is 35.0 Å². The Balaban J connectivity index is 2.03. The second kappa shape index (κ2) is 8.99. The lowest BCUT2D eigenvalue weighted by Crippen LogP contribution is -2.31. The van der Waals surface area contributed by atoms with E-state index in [1.165, 1.54) is 0 Å². The summed E-state index contributed by atoms with van der Waals surface area (Å²) in [5.41, 5.74) is 1.92. The van der Waals surface area contributed by atoms with Crippen molar-refractivity contribution in [1.29, 1.82) is 0 Å². The van der Waals surface area contributed by atoms with Crippen molar-refractivity contribution < 1.29 is 23.7 Å². The predicted octanol–water partition coefficient (Wildman–Crippen LogP) is 3.06. The summed E-state index contributed by atoms with van der Waals surface area (Å²) in [6, 6.07) is 11.2. The first-order valence-electron chi connectivity index (χ1n) is 8.21. The molecule has 0 atom stereocenters. The van der Waals surface area contributed by atoms with Gasteiger partial charge in [-0.05, 0) is 30.7 Å². The molecule has 2 rings (SSSR count). The zero-order valence-corrected chi connectivity index (χ0v) is 15.9. The Kier molecular flexibility index (Phi) is 6.72. The highest BCUT2D eigenvalue weighted by molar-refractivity contribution is 5.77. The van der Waals surface area contributed by atoms with Gasteiger partial charge in [-0.15, -0.1) is 0 Å². The van der Waals surface area contributed by atoms with Gasteiger partial charge < -0.3 is 23.8 Å². The number of carbonyl (C=O) groups excluding carboxylic acids is 1. The summed E-state index contributed by atoms with van der Waals surface area (Å²) < 4.78 is 21.6. The molecule has 0 N–H and O–H groups in total. The summed E-state index contributed by atoms with van der Waals surface area (Å²) in [6.07, 6.45) is 0. The first-order valence-corrected chi connectivity index (χ1v) is 8.21. The average Bonchev–Trinajstić information content (AvgIpc) is 2.66. The van der Waals surface area contributed by atoms with Gasteiger partial charge >= 0.3 is 0 Å². The third-order valence-corrected chi connectivity index (χ3v) is 3.99. The van der Waals surface area contributed by atoms with Crippen molar-refractivity contribution in [2.24, 2.45) is 0 Å². The number of rotatable bonds is 8. The number of carbonyl (C=O) groups is 1. The smallest absolute Gasteiger partial charge is 0.260 e. The van der Waals surface area contributed by atoms with Gasteiger partial charge in [-0.25, -0.2) is 0 Å². The number of nitrogens with zero attached hydrogens (tertiary/aromatic N) is 1. The molecule has 140 valence electrons. The number of aryl methyl sites for hydroxylation is 1. The van der Waals surface area contributed by atoms with Crippen LogP contribution in [0.3, 0.4) is 0 Å². The van der Waals surface area contributed by atoms with Gasteiger partial charge in [0.2, 0.25) is 0 Å². The molecule has 1 amide bonds. The lowest BCUT2D eigenvalue weighted by atomic mass is 10.1. The molecule has 26 heavy (non-hydrogen) atoms. The van der Waals surface area contributed by atoms with Gasteiger partial charge in [0, 0.05) is 19.2 Å². The number of para-hydroxylation sites is 1. The Labute approximate surface area is 154 Å². The second-order valence-corrected chi connectivity index (χ2v) is 5.85. The summed E-state index contributed by atoms with van der Waals surface area (Å²) in [4.78, 5) is 14.0. The first kappa shape index (κ1) is 19.4. The third-order valence-electron chi connectivity index (χ3n) is 3.99. The van der Waals surface area contributed by atoms with Gasteiger partial charge in [-0.1, -0.05) is 18.2 Å². The lowest BCUT2D eigenvalue weighted by Gasteiger charge is -2.20. The summed E-state index contributed by atoms with van der Waals surface area (Å²) in [5, 5.41) is 0. The van der Waals surface area contributed by atoms with E-state index in [2.05, 4.69) is 0 Å². The van der Waals surface area contributed by atoms with E-state index in [1.807, 2.05) is 37.3 Å². The summed E-state index contributed by atoms with van der Waals surface area (Å²) in [7, 11) is 6.46. The normalized spacial score (nSPS) is 10.2. The molecule has 6 heteroatoms. The number of benzene rings is 2. The molecule has 0 bridgehead atoms. The standard InChI is InChI=1S/C20H25NO5/c1-14-9-10-16(18(11-14)24-4)26-13-19(22)21(2)12-15-7-6-8-17(23-3)20(15)25-5/h6-11H,12-13H2,1-5H3. The van der Waals surface area contributed by atoms with Crippen molar-refractivity contribution >= 4 is 5.91 Å². The third kappa shape index (κ3) is 4.59. The van der Waals surface area contributed by atoms with Crippen LogP contribution < -0.4 is 18.9 Å². The molecule has 2 aromatic rings. The minimum absolute atomic E-state index is 0.0811. The SMILES string of the molecule is COc1cc(C)ccc1OCC(=O)N(C)Cc1cccc(OC)c1OC. The van der Waals surface area contributed by atoms with Crippen molar-refractivity contribution in [1.82, 2.24) is 4.90 Å². The van der Waals surface area contributed by atoms with Crippen LogP contribution in [-0.2, 0) is 11.3 Å². The molecular formula is C20H25NO5. The zero-order chi connectivity index (χ0) is 19.1. The van der Waals surface area contributed by atoms with Crippen molar-refractivity contribution in [3.8, 4) is 23.0 Å². The van der Waals surface area contributed by atoms with E-state index in [9.17, 15) is 4.79 Å². The summed E-state index contributed by atoms with van der Waals surface area (Å²) >= 11 is 0. The molecule has 0 aliphatic carbocycles. The number of likely N-dealkylation sites (N-methyl/N-ethyl adjacent to an activating group) is 1. The molecule has 0 heterocycles. The van der Waals surface area contributed by atoms with Crippen LogP contribution in [0.5, 0.6) is 23.0 Å². The second-order valence-electron chi connectivity index (χ2n) is 5.85. The fourth-order valence-electron chi connectivity index (χ4n) is 2.57. The maximum atomic E-state index is 12.4. The molecule has 0 saturated carbocycles. The van der Waals surface area contributed by atoms with Crippen LogP contribution in [0.1, 0.15) is 11.1 Å². The monoisotopic (exact) mass is 359 g/mol. The van der Waals surface area contributed by atoms with E-state index in [0.717, 1.165) is 11.1 Å². The number of amides is 1. The van der Waals surface area contributed by atoms with Crippen molar-refractivity contribution in [3.63, 3.8) is 0 Å². The molecule has 0 saturated heterocycles. The largest absolute Gasteiger partial charge is 0.493 e. The molecule has 2 aromatic carbocycles. The zero-order valence-electron chi connectivity index (χ0n) is 15.9. The van der Waals surface area contributed by atoms with E-state index in [0.29, 0.717) is 29.5 Å². The average molecular weight is 359 g/mol. The highest BCUT2D eigenvalue weighted by Gasteiger charge is 2.16. The molecule has 0 unspecified atom stereocenters. The van der Waals surface area contributed by atoms with Crippen LogP contribution in [-0.4, -0.2) is 45.8 Å². The maximum absolute atomic E-state index is 12.4. The fraction of sp³-hybridized carbons (Fsp3) is 0.350. The maximum Gasteiger partial charge on any atom is 0.260 e. The van der Waals surface area contributed by atoms with E-state index < -0.39 is 0 Å². The Morgan fingerprint density at radius 1 is 0.962 bits per heavy atom. The van der Waals surface area contributed by atoms with Gasteiger partial charge in [0.15, 0.2) is 29.6 Å². The number of hydrogen-bond acceptors (Lipinski definition) is 5. The summed E-state index contributed by atoms with van der Waals surface area (Å²) in [5.74, 6) is 2.24. The first-order chi connectivity index (χ1) is 12.5. The van der Waals surface area contributed by atoms with Gasteiger partial charge in [0.25, 0.3) is 5.91 Å². The Hall–Kier alpha value is -2.89. The van der Waals surface area contributed by atoms with Gasteiger partial charge in [-0.2, -0.15) is 0 Å². The highest BCUT2D eigenvalue weighted by Crippen LogP contribution is 2.31. The molecule has 0 aliphatic heterocycles. The molecule has 0 fully saturated rings. The minimum Gasteiger partial charge on any atom is -0.493 e. The highest BCUT2D eigenvalue weighted by atomic mass is 16.5. The van der Waals surface area contributed by atoms with Crippen molar-refractivity contribution in [2.45, 2.75) is 13.5 Å². The fourth-order valence-corrected chi connectivity index (χ4v) is 2.57. The topological polar surface area (TPSA) is 57.2 Å². The molecule has 0 aliphatic rings. The van der Waals surface area contributed by atoms with E-state index >= 15 is 0 Å². The molecule has 0 aromatic heterocycles. The van der Waals surface area contributed by atoms with Gasteiger partial charge in [0.05, 0.1) is 21.3 Å². The van der Waals surface area contributed by atoms with E-state index in [4.69, 9.17) is 18.9 Å².